The molecule has 2 amide bonds. The number of halogens is 2. The Morgan fingerprint density at radius 2 is 2.00 bits per heavy atom. The van der Waals surface area contributed by atoms with E-state index in [0.717, 1.165) is 24.9 Å². The summed E-state index contributed by atoms with van der Waals surface area (Å²) in [4.78, 5) is 26.6. The van der Waals surface area contributed by atoms with Crippen molar-refractivity contribution in [1.29, 1.82) is 0 Å². The SMILES string of the molecule is CCOC1CC(N)(C(=O)Nc2cccc(CN3CCCC3C(N)=O)c2)C1(C)C.Cl.Cl. The summed E-state index contributed by atoms with van der Waals surface area (Å²) >= 11 is 0. The minimum absolute atomic E-state index is 0. The Kier molecular flexibility index (Phi) is 9.14. The van der Waals surface area contributed by atoms with Crippen LogP contribution in [0, 0.1) is 5.41 Å². The Morgan fingerprint density at radius 3 is 2.60 bits per heavy atom. The quantitative estimate of drug-likeness (QED) is 0.578. The molecule has 1 saturated carbocycles. The van der Waals surface area contributed by atoms with Gasteiger partial charge in [-0.2, -0.15) is 0 Å². The van der Waals surface area contributed by atoms with E-state index in [4.69, 9.17) is 16.2 Å². The van der Waals surface area contributed by atoms with Crippen LogP contribution in [0.3, 0.4) is 0 Å². The molecule has 1 heterocycles. The second-order valence-corrected chi connectivity index (χ2v) is 8.53. The molecule has 2 fully saturated rings. The summed E-state index contributed by atoms with van der Waals surface area (Å²) in [6.45, 7) is 7.98. The van der Waals surface area contributed by atoms with E-state index in [1.165, 1.54) is 0 Å². The zero-order valence-corrected chi connectivity index (χ0v) is 19.5. The highest BCUT2D eigenvalue weighted by Crippen LogP contribution is 2.50. The summed E-state index contributed by atoms with van der Waals surface area (Å²) in [7, 11) is 0. The van der Waals surface area contributed by atoms with Crippen molar-refractivity contribution in [2.45, 2.75) is 64.3 Å². The van der Waals surface area contributed by atoms with E-state index in [9.17, 15) is 9.59 Å². The van der Waals surface area contributed by atoms with Crippen LogP contribution in [-0.2, 0) is 20.9 Å². The molecule has 9 heteroatoms. The van der Waals surface area contributed by atoms with Gasteiger partial charge < -0.3 is 21.5 Å². The molecule has 1 aromatic rings. The monoisotopic (exact) mass is 460 g/mol. The molecule has 2 aliphatic rings. The first-order valence-corrected chi connectivity index (χ1v) is 10.0. The predicted molar refractivity (Wildman–Crippen MR) is 123 cm³/mol. The number of rotatable bonds is 7. The van der Waals surface area contributed by atoms with Gasteiger partial charge in [-0.3, -0.25) is 14.5 Å². The third kappa shape index (κ3) is 4.92. The summed E-state index contributed by atoms with van der Waals surface area (Å²) in [5.74, 6) is -0.468. The van der Waals surface area contributed by atoms with Crippen molar-refractivity contribution in [1.82, 2.24) is 4.90 Å². The van der Waals surface area contributed by atoms with Crippen molar-refractivity contribution in [3.05, 3.63) is 29.8 Å². The van der Waals surface area contributed by atoms with E-state index in [1.807, 2.05) is 45.0 Å². The van der Waals surface area contributed by atoms with Gasteiger partial charge in [-0.15, -0.1) is 24.8 Å². The standard InChI is InChI=1S/C21H32N4O3.2ClH/c1-4-28-17-12-21(23,20(17,2)3)19(27)24-15-8-5-7-14(11-15)13-25-10-6-9-16(25)18(22)26;;/h5,7-8,11,16-17H,4,6,9-10,12-13,23H2,1-3H3,(H2,22,26)(H,24,27);2*1H. The lowest BCUT2D eigenvalue weighted by Crippen LogP contribution is -2.74. The lowest BCUT2D eigenvalue weighted by Gasteiger charge is -2.57. The van der Waals surface area contributed by atoms with Crippen molar-refractivity contribution in [3.8, 4) is 0 Å². The molecular formula is C21H34Cl2N4O3. The van der Waals surface area contributed by atoms with Gasteiger partial charge in [0.25, 0.3) is 0 Å². The second kappa shape index (κ2) is 10.3. The molecule has 7 nitrogen and oxygen atoms in total. The highest BCUT2D eigenvalue weighted by atomic mass is 35.5. The van der Waals surface area contributed by atoms with E-state index < -0.39 is 11.0 Å². The number of nitrogens with two attached hydrogens (primary N) is 2. The van der Waals surface area contributed by atoms with Gasteiger partial charge in [-0.1, -0.05) is 26.0 Å². The Labute approximate surface area is 191 Å². The number of ether oxygens (including phenoxy) is 1. The molecule has 1 aliphatic carbocycles. The number of benzene rings is 1. The molecule has 5 N–H and O–H groups in total. The van der Waals surface area contributed by atoms with Gasteiger partial charge in [-0.25, -0.2) is 0 Å². The fraction of sp³-hybridized carbons (Fsp3) is 0.619. The number of anilines is 1. The molecule has 1 aromatic carbocycles. The lowest BCUT2D eigenvalue weighted by atomic mass is 9.54. The third-order valence-corrected chi connectivity index (χ3v) is 6.50. The number of amides is 2. The summed E-state index contributed by atoms with van der Waals surface area (Å²) in [6, 6.07) is 7.47. The average Bonchev–Trinajstić information content (AvgIpc) is 3.10. The Balaban J connectivity index is 0.00000225. The molecular weight excluding hydrogens is 427 g/mol. The topological polar surface area (TPSA) is 111 Å². The number of hydrogen-bond donors (Lipinski definition) is 3. The van der Waals surface area contributed by atoms with Gasteiger partial charge in [0.2, 0.25) is 11.8 Å². The number of carbonyl (C=O) groups is 2. The minimum atomic E-state index is -0.963. The van der Waals surface area contributed by atoms with Crippen LogP contribution in [0.4, 0.5) is 5.69 Å². The largest absolute Gasteiger partial charge is 0.378 e. The van der Waals surface area contributed by atoms with Crippen LogP contribution in [0.15, 0.2) is 24.3 Å². The molecule has 0 spiro atoms. The van der Waals surface area contributed by atoms with Crippen LogP contribution in [0.1, 0.15) is 45.6 Å². The Hall–Kier alpha value is -1.38. The van der Waals surface area contributed by atoms with Gasteiger partial charge >= 0.3 is 0 Å². The molecule has 3 unspecified atom stereocenters. The maximum atomic E-state index is 12.9. The number of primary amides is 1. The van der Waals surface area contributed by atoms with Crippen LogP contribution in [0.25, 0.3) is 0 Å². The number of nitrogens with one attached hydrogen (secondary N) is 1. The molecule has 3 rings (SSSR count). The van der Waals surface area contributed by atoms with E-state index in [-0.39, 0.29) is 48.8 Å². The van der Waals surface area contributed by atoms with Gasteiger partial charge in [0.15, 0.2) is 0 Å². The van der Waals surface area contributed by atoms with Crippen LogP contribution in [-0.4, -0.2) is 47.6 Å². The highest BCUT2D eigenvalue weighted by molar-refractivity contribution is 5.99. The average molecular weight is 461 g/mol. The Bertz CT molecular complexity index is 762. The molecule has 0 radical (unpaired) electrons. The van der Waals surface area contributed by atoms with Crippen LogP contribution >= 0.6 is 24.8 Å². The summed E-state index contributed by atoms with van der Waals surface area (Å²) in [5, 5.41) is 2.97. The zero-order valence-electron chi connectivity index (χ0n) is 17.8. The summed E-state index contributed by atoms with van der Waals surface area (Å²) in [5.41, 5.74) is 12.3. The van der Waals surface area contributed by atoms with Crippen molar-refractivity contribution in [2.24, 2.45) is 16.9 Å². The zero-order chi connectivity index (χ0) is 20.5. The van der Waals surface area contributed by atoms with E-state index >= 15 is 0 Å². The molecule has 0 aromatic heterocycles. The highest BCUT2D eigenvalue weighted by Gasteiger charge is 2.62. The van der Waals surface area contributed by atoms with Crippen molar-refractivity contribution in [2.75, 3.05) is 18.5 Å². The normalized spacial score (nSPS) is 27.3. The van der Waals surface area contributed by atoms with Crippen LogP contribution in [0.5, 0.6) is 0 Å². The second-order valence-electron chi connectivity index (χ2n) is 8.53. The third-order valence-electron chi connectivity index (χ3n) is 6.50. The molecule has 30 heavy (non-hydrogen) atoms. The van der Waals surface area contributed by atoms with Crippen LogP contribution in [0.2, 0.25) is 0 Å². The summed E-state index contributed by atoms with van der Waals surface area (Å²) in [6.07, 6.45) is 2.27. The predicted octanol–water partition coefficient (Wildman–Crippen LogP) is 2.45. The Morgan fingerprint density at radius 1 is 1.30 bits per heavy atom. The van der Waals surface area contributed by atoms with E-state index in [2.05, 4.69) is 10.2 Å². The van der Waals surface area contributed by atoms with Crippen molar-refractivity contribution in [3.63, 3.8) is 0 Å². The molecule has 0 bridgehead atoms. The number of hydrogen-bond acceptors (Lipinski definition) is 5. The number of carbonyl (C=O) groups excluding carboxylic acids is 2. The fourth-order valence-electron chi connectivity index (χ4n) is 4.38. The van der Waals surface area contributed by atoms with Gasteiger partial charge in [0.1, 0.15) is 5.54 Å². The first kappa shape index (κ1) is 26.7. The first-order valence-electron chi connectivity index (χ1n) is 10.0. The fourth-order valence-corrected chi connectivity index (χ4v) is 4.38. The van der Waals surface area contributed by atoms with Crippen LogP contribution < -0.4 is 16.8 Å². The minimum Gasteiger partial charge on any atom is -0.378 e. The van der Waals surface area contributed by atoms with Gasteiger partial charge in [0, 0.05) is 30.7 Å². The smallest absolute Gasteiger partial charge is 0.245 e. The molecule has 1 aliphatic heterocycles. The van der Waals surface area contributed by atoms with E-state index in [0.29, 0.717) is 25.3 Å². The van der Waals surface area contributed by atoms with Gasteiger partial charge in [0.05, 0.1) is 12.1 Å². The van der Waals surface area contributed by atoms with Crippen molar-refractivity contribution < 1.29 is 14.3 Å². The van der Waals surface area contributed by atoms with E-state index in [1.54, 1.807) is 0 Å². The molecule has 3 atom stereocenters. The maximum absolute atomic E-state index is 12.9. The lowest BCUT2D eigenvalue weighted by molar-refractivity contribution is -0.166. The first-order chi connectivity index (χ1) is 13.2. The molecule has 170 valence electrons. The maximum Gasteiger partial charge on any atom is 0.245 e. The van der Waals surface area contributed by atoms with Crippen molar-refractivity contribution >= 4 is 42.3 Å². The van der Waals surface area contributed by atoms with Gasteiger partial charge in [-0.05, 0) is 44.0 Å². The summed E-state index contributed by atoms with van der Waals surface area (Å²) < 4.78 is 5.71. The molecule has 1 saturated heterocycles. The number of nitrogens with zero attached hydrogens (tertiary/aromatic N) is 1. The number of likely N-dealkylation sites (tertiary alicyclic amines) is 1.